The molecule has 0 amide bonds. The standard InChI is InChI=1S/C27H29ClN6S.CH5N/c1-3-18-13-19(14-20-15-29-26(33-25(18)20)32-21-9-5-4-6-10-21)22-16-30-27(31-17(22)2)34-35-24-12-8-7-11-23(24)28;1-2/h7-8,11-16,21H,3-6,9-10H2,1-2H3,(H,29,32,33)(H,30,31,34);2H2,1H3. The van der Waals surface area contributed by atoms with Gasteiger partial charge in [-0.05, 0) is 80.6 Å². The fraction of sp³-hybridized carbons (Fsp3) is 0.357. The first-order chi connectivity index (χ1) is 18.1. The van der Waals surface area contributed by atoms with Gasteiger partial charge >= 0.3 is 0 Å². The van der Waals surface area contributed by atoms with Crippen molar-refractivity contribution in [3.05, 3.63) is 65.1 Å². The van der Waals surface area contributed by atoms with Gasteiger partial charge in [-0.25, -0.2) is 19.9 Å². The Labute approximate surface area is 228 Å². The number of benzene rings is 2. The van der Waals surface area contributed by atoms with Crippen LogP contribution in [0, 0.1) is 6.92 Å². The Kier molecular flexibility index (Phi) is 9.55. The summed E-state index contributed by atoms with van der Waals surface area (Å²) in [6.07, 6.45) is 11.0. The van der Waals surface area contributed by atoms with E-state index in [1.807, 2.05) is 43.6 Å². The van der Waals surface area contributed by atoms with Gasteiger partial charge in [0.15, 0.2) is 0 Å². The van der Waals surface area contributed by atoms with Crippen molar-refractivity contribution in [2.75, 3.05) is 17.1 Å². The van der Waals surface area contributed by atoms with Crippen LogP contribution in [-0.2, 0) is 6.42 Å². The summed E-state index contributed by atoms with van der Waals surface area (Å²) in [7, 11) is 1.50. The van der Waals surface area contributed by atoms with Crippen molar-refractivity contribution in [3.8, 4) is 11.1 Å². The van der Waals surface area contributed by atoms with Crippen molar-refractivity contribution in [1.82, 2.24) is 19.9 Å². The summed E-state index contributed by atoms with van der Waals surface area (Å²) in [5.41, 5.74) is 9.69. The van der Waals surface area contributed by atoms with Gasteiger partial charge in [-0.2, -0.15) is 0 Å². The Morgan fingerprint density at radius 1 is 1.00 bits per heavy atom. The van der Waals surface area contributed by atoms with Crippen LogP contribution in [0.2, 0.25) is 5.02 Å². The zero-order chi connectivity index (χ0) is 26.2. The molecule has 4 aromatic rings. The van der Waals surface area contributed by atoms with Gasteiger partial charge in [0.1, 0.15) is 0 Å². The normalized spacial score (nSPS) is 13.6. The Morgan fingerprint density at radius 2 is 1.76 bits per heavy atom. The van der Waals surface area contributed by atoms with Crippen LogP contribution in [0.15, 0.2) is 53.7 Å². The van der Waals surface area contributed by atoms with E-state index in [1.54, 1.807) is 0 Å². The zero-order valence-electron chi connectivity index (χ0n) is 21.6. The van der Waals surface area contributed by atoms with Gasteiger partial charge in [0.25, 0.3) is 0 Å². The average molecular weight is 536 g/mol. The summed E-state index contributed by atoms with van der Waals surface area (Å²) in [4.78, 5) is 19.7. The Bertz CT molecular complexity index is 1340. The molecular weight excluding hydrogens is 502 g/mol. The minimum absolute atomic E-state index is 0.480. The van der Waals surface area contributed by atoms with Gasteiger partial charge in [0.05, 0.1) is 16.2 Å². The number of aromatic nitrogens is 4. The van der Waals surface area contributed by atoms with Crippen molar-refractivity contribution >= 4 is 46.3 Å². The molecule has 1 fully saturated rings. The van der Waals surface area contributed by atoms with Crippen LogP contribution in [-0.4, -0.2) is 33.0 Å². The predicted octanol–water partition coefficient (Wildman–Crippen LogP) is 7.05. The molecule has 0 spiro atoms. The smallest absolute Gasteiger partial charge is 0.233 e. The molecule has 1 aliphatic rings. The molecule has 7 nitrogen and oxygen atoms in total. The number of nitrogens with one attached hydrogen (secondary N) is 2. The maximum Gasteiger partial charge on any atom is 0.233 e. The van der Waals surface area contributed by atoms with Crippen molar-refractivity contribution in [3.63, 3.8) is 0 Å². The minimum Gasteiger partial charge on any atom is -0.351 e. The number of fused-ring (bicyclic) bond motifs is 1. The molecule has 37 heavy (non-hydrogen) atoms. The van der Waals surface area contributed by atoms with Crippen LogP contribution in [0.1, 0.15) is 50.3 Å². The lowest BCUT2D eigenvalue weighted by Crippen LogP contribution is -2.23. The monoisotopic (exact) mass is 535 g/mol. The van der Waals surface area contributed by atoms with Gasteiger partial charge in [-0.1, -0.05) is 49.9 Å². The van der Waals surface area contributed by atoms with Crippen LogP contribution in [0.5, 0.6) is 0 Å². The second kappa shape index (κ2) is 13.0. The quantitative estimate of drug-likeness (QED) is 0.216. The molecular formula is C28H34ClN7S. The van der Waals surface area contributed by atoms with E-state index in [-0.39, 0.29) is 0 Å². The number of aryl methyl sites for hydroxylation is 2. The molecule has 194 valence electrons. The third-order valence-electron chi connectivity index (χ3n) is 6.46. The van der Waals surface area contributed by atoms with Crippen LogP contribution >= 0.6 is 23.5 Å². The molecule has 1 aliphatic carbocycles. The zero-order valence-corrected chi connectivity index (χ0v) is 23.2. The number of hydrogen-bond acceptors (Lipinski definition) is 8. The van der Waals surface area contributed by atoms with Gasteiger partial charge in [0.2, 0.25) is 11.9 Å². The van der Waals surface area contributed by atoms with E-state index in [1.165, 1.54) is 56.7 Å². The van der Waals surface area contributed by atoms with Crippen LogP contribution < -0.4 is 15.8 Å². The third kappa shape index (κ3) is 6.69. The van der Waals surface area contributed by atoms with E-state index < -0.39 is 0 Å². The molecule has 0 aliphatic heterocycles. The summed E-state index contributed by atoms with van der Waals surface area (Å²) in [5, 5.41) is 5.28. The van der Waals surface area contributed by atoms with E-state index in [2.05, 4.69) is 49.8 Å². The molecule has 2 aromatic carbocycles. The van der Waals surface area contributed by atoms with E-state index in [0.29, 0.717) is 17.0 Å². The molecule has 2 aromatic heterocycles. The maximum absolute atomic E-state index is 6.25. The highest BCUT2D eigenvalue weighted by Gasteiger charge is 2.16. The number of nitrogens with zero attached hydrogens (tertiary/aromatic N) is 4. The first kappa shape index (κ1) is 27.1. The van der Waals surface area contributed by atoms with Gasteiger partial charge in [0, 0.05) is 34.3 Å². The summed E-state index contributed by atoms with van der Waals surface area (Å²) in [6, 6.07) is 12.5. The predicted molar refractivity (Wildman–Crippen MR) is 156 cm³/mol. The lowest BCUT2D eigenvalue weighted by Gasteiger charge is -2.22. The number of halogens is 1. The molecule has 5 rings (SSSR count). The molecule has 1 saturated carbocycles. The molecule has 0 atom stereocenters. The molecule has 0 saturated heterocycles. The Balaban J connectivity index is 0.00000156. The summed E-state index contributed by atoms with van der Waals surface area (Å²) in [6.45, 7) is 4.17. The van der Waals surface area contributed by atoms with Crippen LogP contribution in [0.4, 0.5) is 11.9 Å². The van der Waals surface area contributed by atoms with Gasteiger partial charge in [-0.15, -0.1) is 0 Å². The van der Waals surface area contributed by atoms with Crippen molar-refractivity contribution in [1.29, 1.82) is 0 Å². The average Bonchev–Trinajstić information content (AvgIpc) is 2.94. The fourth-order valence-electron chi connectivity index (χ4n) is 4.57. The molecule has 0 unspecified atom stereocenters. The van der Waals surface area contributed by atoms with Gasteiger partial charge in [-0.3, -0.25) is 4.72 Å². The molecule has 9 heteroatoms. The topological polar surface area (TPSA) is 102 Å². The largest absolute Gasteiger partial charge is 0.351 e. The maximum atomic E-state index is 6.25. The lowest BCUT2D eigenvalue weighted by molar-refractivity contribution is 0.461. The van der Waals surface area contributed by atoms with Crippen LogP contribution in [0.3, 0.4) is 0 Å². The molecule has 0 bridgehead atoms. The molecule has 4 N–H and O–H groups in total. The second-order valence-corrected chi connectivity index (χ2v) is 10.2. The summed E-state index contributed by atoms with van der Waals surface area (Å²) < 4.78 is 3.20. The highest BCUT2D eigenvalue weighted by molar-refractivity contribution is 8.00. The number of hydrogen-bond donors (Lipinski definition) is 3. The lowest BCUT2D eigenvalue weighted by atomic mass is 9.96. The van der Waals surface area contributed by atoms with Crippen molar-refractivity contribution in [2.45, 2.75) is 63.3 Å². The van der Waals surface area contributed by atoms with Crippen molar-refractivity contribution < 1.29 is 0 Å². The molecule has 2 heterocycles. The van der Waals surface area contributed by atoms with E-state index >= 15 is 0 Å². The number of anilines is 2. The number of rotatable bonds is 7. The van der Waals surface area contributed by atoms with Crippen LogP contribution in [0.25, 0.3) is 22.0 Å². The highest BCUT2D eigenvalue weighted by atomic mass is 35.5. The minimum atomic E-state index is 0.480. The SMILES string of the molecule is CCc1cc(-c2cnc(NSc3ccccc3Cl)nc2C)cc2cnc(NC3CCCCC3)nc12.CN. The first-order valence-corrected chi connectivity index (χ1v) is 14.0. The Hall–Kier alpha value is -2.94. The molecule has 0 radical (unpaired) electrons. The second-order valence-electron chi connectivity index (χ2n) is 8.93. The van der Waals surface area contributed by atoms with E-state index in [4.69, 9.17) is 16.6 Å². The summed E-state index contributed by atoms with van der Waals surface area (Å²) >= 11 is 7.65. The summed E-state index contributed by atoms with van der Waals surface area (Å²) in [5.74, 6) is 1.28. The Morgan fingerprint density at radius 3 is 2.49 bits per heavy atom. The van der Waals surface area contributed by atoms with E-state index in [0.717, 1.165) is 45.0 Å². The fourth-order valence-corrected chi connectivity index (χ4v) is 5.43. The van der Waals surface area contributed by atoms with Gasteiger partial charge < -0.3 is 11.1 Å². The first-order valence-electron chi connectivity index (χ1n) is 12.8. The number of nitrogens with two attached hydrogens (primary N) is 1. The van der Waals surface area contributed by atoms with Crippen molar-refractivity contribution in [2.24, 2.45) is 5.73 Å². The third-order valence-corrected chi connectivity index (χ3v) is 7.76. The highest BCUT2D eigenvalue weighted by Crippen LogP contribution is 2.31. The van der Waals surface area contributed by atoms with E-state index in [9.17, 15) is 0 Å².